The molecule has 23 heavy (non-hydrogen) atoms. The highest BCUT2D eigenvalue weighted by Gasteiger charge is 2.50. The molecule has 132 valence electrons. The van der Waals surface area contributed by atoms with Crippen LogP contribution < -0.4 is 11.1 Å². The summed E-state index contributed by atoms with van der Waals surface area (Å²) in [4.78, 5) is 27.0. The molecule has 1 aliphatic heterocycles. The van der Waals surface area contributed by atoms with E-state index in [2.05, 4.69) is 5.32 Å². The maximum Gasteiger partial charge on any atom is 0.227 e. The highest BCUT2D eigenvalue weighted by molar-refractivity contribution is 5.85. The molecule has 1 saturated heterocycles. The van der Waals surface area contributed by atoms with E-state index in [0.717, 1.165) is 45.2 Å². The van der Waals surface area contributed by atoms with E-state index >= 15 is 0 Å². The van der Waals surface area contributed by atoms with Crippen molar-refractivity contribution in [1.82, 2.24) is 10.2 Å². The number of carbonyl (C=O) groups excluding carboxylic acids is 2. The van der Waals surface area contributed by atoms with Crippen LogP contribution >= 0.6 is 12.4 Å². The number of nitrogens with zero attached hydrogens (tertiary/aromatic N) is 1. The van der Waals surface area contributed by atoms with E-state index < -0.39 is 0 Å². The van der Waals surface area contributed by atoms with E-state index in [4.69, 9.17) is 5.73 Å². The standard InChI is InChI=1S/C17H29N3O2.ClH/c1-2-7-19-16(21)13-4-3-8-20(10-13)17(22)14-11-5-6-12(9-11)15(14)18;/h11-15H,2-10,18H2,1H3,(H,19,21);1H. The summed E-state index contributed by atoms with van der Waals surface area (Å²) in [5.74, 6) is 1.33. The maximum atomic E-state index is 12.9. The van der Waals surface area contributed by atoms with Crippen molar-refractivity contribution in [3.05, 3.63) is 0 Å². The van der Waals surface area contributed by atoms with Gasteiger partial charge in [-0.25, -0.2) is 0 Å². The van der Waals surface area contributed by atoms with Gasteiger partial charge in [-0.3, -0.25) is 9.59 Å². The van der Waals surface area contributed by atoms with Crippen LogP contribution in [0.4, 0.5) is 0 Å². The van der Waals surface area contributed by atoms with Gasteiger partial charge in [0.1, 0.15) is 0 Å². The van der Waals surface area contributed by atoms with Gasteiger partial charge in [0.25, 0.3) is 0 Å². The van der Waals surface area contributed by atoms with Gasteiger partial charge in [0, 0.05) is 25.7 Å². The molecule has 5 atom stereocenters. The Kier molecular flexibility index (Phi) is 6.32. The first-order valence-electron chi connectivity index (χ1n) is 8.94. The molecular formula is C17H30ClN3O2. The first kappa shape index (κ1) is 18.5. The van der Waals surface area contributed by atoms with E-state index in [9.17, 15) is 9.59 Å². The molecule has 0 aromatic carbocycles. The van der Waals surface area contributed by atoms with Crippen molar-refractivity contribution in [2.24, 2.45) is 29.4 Å². The molecule has 5 unspecified atom stereocenters. The third kappa shape index (κ3) is 3.66. The summed E-state index contributed by atoms with van der Waals surface area (Å²) in [6.07, 6.45) is 6.24. The number of nitrogens with two attached hydrogens (primary N) is 1. The van der Waals surface area contributed by atoms with Gasteiger partial charge in [-0.1, -0.05) is 6.92 Å². The largest absolute Gasteiger partial charge is 0.356 e. The number of amides is 2. The average molecular weight is 344 g/mol. The second-order valence-electron chi connectivity index (χ2n) is 7.35. The fraction of sp³-hybridized carbons (Fsp3) is 0.882. The topological polar surface area (TPSA) is 75.4 Å². The van der Waals surface area contributed by atoms with Crippen LogP contribution in [0.25, 0.3) is 0 Å². The zero-order valence-electron chi connectivity index (χ0n) is 14.0. The molecule has 0 aromatic heterocycles. The van der Waals surface area contributed by atoms with Crippen molar-refractivity contribution in [3.63, 3.8) is 0 Å². The Morgan fingerprint density at radius 1 is 1.22 bits per heavy atom. The van der Waals surface area contributed by atoms with Gasteiger partial charge in [-0.2, -0.15) is 0 Å². The van der Waals surface area contributed by atoms with Crippen molar-refractivity contribution < 1.29 is 9.59 Å². The molecule has 0 radical (unpaired) electrons. The fourth-order valence-corrected chi connectivity index (χ4v) is 4.70. The highest BCUT2D eigenvalue weighted by atomic mass is 35.5. The van der Waals surface area contributed by atoms with Crippen LogP contribution in [0.5, 0.6) is 0 Å². The number of rotatable bonds is 4. The number of carbonyl (C=O) groups is 2. The van der Waals surface area contributed by atoms with Gasteiger partial charge in [0.15, 0.2) is 0 Å². The Balaban J connectivity index is 0.00000192. The second-order valence-corrected chi connectivity index (χ2v) is 7.35. The van der Waals surface area contributed by atoms with Crippen LogP contribution in [0.1, 0.15) is 45.4 Å². The summed E-state index contributed by atoms with van der Waals surface area (Å²) >= 11 is 0. The molecule has 3 rings (SSSR count). The van der Waals surface area contributed by atoms with Gasteiger partial charge in [-0.15, -0.1) is 12.4 Å². The van der Waals surface area contributed by atoms with Gasteiger partial charge in [0.2, 0.25) is 11.8 Å². The van der Waals surface area contributed by atoms with Crippen molar-refractivity contribution in [3.8, 4) is 0 Å². The van der Waals surface area contributed by atoms with Gasteiger partial charge < -0.3 is 16.0 Å². The summed E-state index contributed by atoms with van der Waals surface area (Å²) in [6, 6.07) is 0.0422. The molecule has 6 heteroatoms. The van der Waals surface area contributed by atoms with Crippen LogP contribution in [0, 0.1) is 23.7 Å². The number of nitrogens with one attached hydrogen (secondary N) is 1. The summed E-state index contributed by atoms with van der Waals surface area (Å²) in [5, 5.41) is 2.97. The fourth-order valence-electron chi connectivity index (χ4n) is 4.70. The Bertz CT molecular complexity index is 444. The number of likely N-dealkylation sites (tertiary alicyclic amines) is 1. The molecule has 0 aromatic rings. The summed E-state index contributed by atoms with van der Waals surface area (Å²) in [6.45, 7) is 4.14. The SMILES string of the molecule is CCCNC(=O)C1CCCN(C(=O)C2C3CCC(C3)C2N)C1.Cl. The maximum absolute atomic E-state index is 12.9. The highest BCUT2D eigenvalue weighted by Crippen LogP contribution is 2.48. The number of piperidine rings is 1. The Morgan fingerprint density at radius 2 is 1.96 bits per heavy atom. The zero-order valence-corrected chi connectivity index (χ0v) is 14.8. The van der Waals surface area contributed by atoms with Gasteiger partial charge in [0.05, 0.1) is 11.8 Å². The smallest absolute Gasteiger partial charge is 0.227 e. The monoisotopic (exact) mass is 343 g/mol. The lowest BCUT2D eigenvalue weighted by Crippen LogP contribution is -2.51. The Labute approximate surface area is 145 Å². The van der Waals surface area contributed by atoms with Gasteiger partial charge in [-0.05, 0) is 50.4 Å². The van der Waals surface area contributed by atoms with Crippen molar-refractivity contribution in [2.45, 2.75) is 51.5 Å². The van der Waals surface area contributed by atoms with Crippen molar-refractivity contribution in [2.75, 3.05) is 19.6 Å². The predicted molar refractivity (Wildman–Crippen MR) is 92.1 cm³/mol. The molecule has 2 amide bonds. The minimum Gasteiger partial charge on any atom is -0.356 e. The number of fused-ring (bicyclic) bond motifs is 2. The first-order chi connectivity index (χ1) is 10.6. The summed E-state index contributed by atoms with van der Waals surface area (Å²) in [7, 11) is 0. The van der Waals surface area contributed by atoms with Crippen LogP contribution in [0.3, 0.4) is 0 Å². The van der Waals surface area contributed by atoms with Crippen molar-refractivity contribution in [1.29, 1.82) is 0 Å². The molecule has 3 fully saturated rings. The Morgan fingerprint density at radius 3 is 2.61 bits per heavy atom. The molecule has 3 aliphatic rings. The lowest BCUT2D eigenvalue weighted by Gasteiger charge is -2.37. The lowest BCUT2D eigenvalue weighted by atomic mass is 9.83. The van der Waals surface area contributed by atoms with E-state index in [1.807, 2.05) is 11.8 Å². The third-order valence-electron chi connectivity index (χ3n) is 5.92. The van der Waals surface area contributed by atoms with Gasteiger partial charge >= 0.3 is 0 Å². The molecular weight excluding hydrogens is 314 g/mol. The van der Waals surface area contributed by atoms with Crippen LogP contribution in [0.15, 0.2) is 0 Å². The Hall–Kier alpha value is -0.810. The van der Waals surface area contributed by atoms with E-state index in [1.165, 1.54) is 6.42 Å². The predicted octanol–water partition coefficient (Wildman–Crippen LogP) is 1.55. The van der Waals surface area contributed by atoms with Crippen LogP contribution in [-0.2, 0) is 9.59 Å². The van der Waals surface area contributed by atoms with E-state index in [1.54, 1.807) is 0 Å². The quantitative estimate of drug-likeness (QED) is 0.813. The molecule has 2 bridgehead atoms. The molecule has 2 aliphatic carbocycles. The summed E-state index contributed by atoms with van der Waals surface area (Å²) in [5.41, 5.74) is 6.31. The summed E-state index contributed by atoms with van der Waals surface area (Å²) < 4.78 is 0. The molecule has 3 N–H and O–H groups in total. The number of halogens is 1. The molecule has 0 spiro atoms. The third-order valence-corrected chi connectivity index (χ3v) is 5.92. The van der Waals surface area contributed by atoms with Crippen LogP contribution in [-0.4, -0.2) is 42.4 Å². The average Bonchev–Trinajstić information content (AvgIpc) is 3.13. The van der Waals surface area contributed by atoms with E-state index in [0.29, 0.717) is 18.4 Å². The lowest BCUT2D eigenvalue weighted by molar-refractivity contribution is -0.141. The first-order valence-corrected chi connectivity index (χ1v) is 8.94. The molecule has 2 saturated carbocycles. The van der Waals surface area contributed by atoms with Crippen molar-refractivity contribution >= 4 is 24.2 Å². The minimum absolute atomic E-state index is 0. The minimum atomic E-state index is -0.0425. The van der Waals surface area contributed by atoms with Crippen LogP contribution in [0.2, 0.25) is 0 Å². The second kappa shape index (κ2) is 7.84. The normalized spacial score (nSPS) is 35.7. The van der Waals surface area contributed by atoms with E-state index in [-0.39, 0.29) is 42.1 Å². The molecule has 1 heterocycles. The number of hydrogen-bond acceptors (Lipinski definition) is 3. The zero-order chi connectivity index (χ0) is 15.7. The number of hydrogen-bond donors (Lipinski definition) is 2. The molecule has 5 nitrogen and oxygen atoms in total.